The van der Waals surface area contributed by atoms with Crippen LogP contribution in [-0.2, 0) is 9.59 Å². The number of phenols is 1. The summed E-state index contributed by atoms with van der Waals surface area (Å²) >= 11 is 0. The number of amides is 1. The number of rotatable bonds is 5. The van der Waals surface area contributed by atoms with E-state index in [-0.39, 0.29) is 12.4 Å². The standard InChI is InChI=1S/C10H11NO5/c12-7-2-1-3-8(4-7)16-6-9(13)11-5-10(14)15/h1-4,12H,5-6H2,(H,11,13)(H,14,15). The fraction of sp³-hybridized carbons (Fsp3) is 0.200. The smallest absolute Gasteiger partial charge is 0.322 e. The SMILES string of the molecule is O=C(O)CNC(=O)COc1cccc(O)c1. The Morgan fingerprint density at radius 1 is 1.38 bits per heavy atom. The molecule has 0 heterocycles. The quantitative estimate of drug-likeness (QED) is 0.654. The van der Waals surface area contributed by atoms with Crippen LogP contribution in [0.25, 0.3) is 0 Å². The first kappa shape index (κ1) is 11.8. The van der Waals surface area contributed by atoms with Gasteiger partial charge in [-0.25, -0.2) is 0 Å². The van der Waals surface area contributed by atoms with Crippen LogP contribution < -0.4 is 10.1 Å². The average Bonchev–Trinajstić information content (AvgIpc) is 2.23. The molecule has 1 rings (SSSR count). The molecule has 6 heteroatoms. The van der Waals surface area contributed by atoms with Crippen molar-refractivity contribution in [2.75, 3.05) is 13.2 Å². The fourth-order valence-electron chi connectivity index (χ4n) is 0.947. The molecule has 0 unspecified atom stereocenters. The van der Waals surface area contributed by atoms with Crippen molar-refractivity contribution < 1.29 is 24.5 Å². The second-order valence-electron chi connectivity index (χ2n) is 2.96. The van der Waals surface area contributed by atoms with Gasteiger partial charge in [0.05, 0.1) is 0 Å². The number of carbonyl (C=O) groups excluding carboxylic acids is 1. The van der Waals surface area contributed by atoms with Crippen LogP contribution >= 0.6 is 0 Å². The lowest BCUT2D eigenvalue weighted by atomic mass is 10.3. The Kier molecular flexibility index (Phi) is 4.14. The molecule has 1 amide bonds. The van der Waals surface area contributed by atoms with Crippen molar-refractivity contribution in [2.24, 2.45) is 0 Å². The van der Waals surface area contributed by atoms with Crippen LogP contribution in [0.15, 0.2) is 24.3 Å². The van der Waals surface area contributed by atoms with Crippen molar-refractivity contribution in [3.8, 4) is 11.5 Å². The largest absolute Gasteiger partial charge is 0.508 e. The molecule has 0 fully saturated rings. The molecule has 0 radical (unpaired) electrons. The maximum Gasteiger partial charge on any atom is 0.322 e. The summed E-state index contributed by atoms with van der Waals surface area (Å²) in [4.78, 5) is 21.2. The Labute approximate surface area is 91.5 Å². The highest BCUT2D eigenvalue weighted by Gasteiger charge is 2.04. The lowest BCUT2D eigenvalue weighted by Gasteiger charge is -2.06. The Morgan fingerprint density at radius 2 is 2.12 bits per heavy atom. The third-order valence-electron chi connectivity index (χ3n) is 1.62. The Bertz CT molecular complexity index is 391. The van der Waals surface area contributed by atoms with E-state index in [2.05, 4.69) is 5.32 Å². The zero-order valence-electron chi connectivity index (χ0n) is 8.34. The van der Waals surface area contributed by atoms with Gasteiger partial charge in [0.2, 0.25) is 0 Å². The second-order valence-corrected chi connectivity index (χ2v) is 2.96. The molecule has 0 aliphatic rings. The molecule has 16 heavy (non-hydrogen) atoms. The van der Waals surface area contributed by atoms with Crippen LogP contribution in [0.2, 0.25) is 0 Å². The molecule has 6 nitrogen and oxygen atoms in total. The van der Waals surface area contributed by atoms with Gasteiger partial charge in [0, 0.05) is 6.07 Å². The number of aromatic hydroxyl groups is 1. The molecule has 0 bridgehead atoms. The summed E-state index contributed by atoms with van der Waals surface area (Å²) < 4.78 is 5.02. The van der Waals surface area contributed by atoms with Crippen molar-refractivity contribution in [1.82, 2.24) is 5.32 Å². The summed E-state index contributed by atoms with van der Waals surface area (Å²) in [5, 5.41) is 19.5. The van der Waals surface area contributed by atoms with E-state index in [0.29, 0.717) is 5.75 Å². The first-order valence-corrected chi connectivity index (χ1v) is 4.48. The number of hydrogen-bond donors (Lipinski definition) is 3. The van der Waals surface area contributed by atoms with E-state index < -0.39 is 18.4 Å². The summed E-state index contributed by atoms with van der Waals surface area (Å²) in [6, 6.07) is 5.96. The van der Waals surface area contributed by atoms with Gasteiger partial charge in [-0.05, 0) is 12.1 Å². The van der Waals surface area contributed by atoms with Crippen molar-refractivity contribution in [1.29, 1.82) is 0 Å². The summed E-state index contributed by atoms with van der Waals surface area (Å²) in [6.45, 7) is -0.737. The molecule has 0 saturated carbocycles. The van der Waals surface area contributed by atoms with Crippen molar-refractivity contribution in [3.05, 3.63) is 24.3 Å². The highest BCUT2D eigenvalue weighted by atomic mass is 16.5. The molecule has 0 aliphatic carbocycles. The van der Waals surface area contributed by atoms with Crippen LogP contribution in [0, 0.1) is 0 Å². The molecule has 86 valence electrons. The number of benzene rings is 1. The molecule has 0 spiro atoms. The van der Waals surface area contributed by atoms with Crippen LogP contribution in [0.1, 0.15) is 0 Å². The van der Waals surface area contributed by atoms with Crippen molar-refractivity contribution in [3.63, 3.8) is 0 Å². The molecular formula is C10H11NO5. The molecule has 0 aromatic heterocycles. The van der Waals surface area contributed by atoms with E-state index in [4.69, 9.17) is 14.9 Å². The van der Waals surface area contributed by atoms with Crippen LogP contribution in [0.3, 0.4) is 0 Å². The fourth-order valence-corrected chi connectivity index (χ4v) is 0.947. The van der Waals surface area contributed by atoms with Crippen molar-refractivity contribution >= 4 is 11.9 Å². The molecular weight excluding hydrogens is 214 g/mol. The van der Waals surface area contributed by atoms with E-state index in [1.165, 1.54) is 12.1 Å². The third kappa shape index (κ3) is 4.32. The predicted octanol–water partition coefficient (Wildman–Crippen LogP) is -0.0282. The van der Waals surface area contributed by atoms with Gasteiger partial charge in [0.25, 0.3) is 5.91 Å². The van der Waals surface area contributed by atoms with Gasteiger partial charge >= 0.3 is 5.97 Å². The Hall–Kier alpha value is -2.24. The van der Waals surface area contributed by atoms with E-state index in [9.17, 15) is 9.59 Å². The maximum absolute atomic E-state index is 11.0. The van der Waals surface area contributed by atoms with E-state index >= 15 is 0 Å². The van der Waals surface area contributed by atoms with Gasteiger partial charge in [-0.1, -0.05) is 6.07 Å². The van der Waals surface area contributed by atoms with Gasteiger partial charge in [-0.2, -0.15) is 0 Å². The Balaban J connectivity index is 2.34. The summed E-state index contributed by atoms with van der Waals surface area (Å²) in [6.07, 6.45) is 0. The van der Waals surface area contributed by atoms with Crippen LogP contribution in [0.4, 0.5) is 0 Å². The zero-order chi connectivity index (χ0) is 12.0. The van der Waals surface area contributed by atoms with Gasteiger partial charge < -0.3 is 20.3 Å². The average molecular weight is 225 g/mol. The topological polar surface area (TPSA) is 95.9 Å². The van der Waals surface area contributed by atoms with E-state index in [1.54, 1.807) is 12.1 Å². The highest BCUT2D eigenvalue weighted by Crippen LogP contribution is 2.17. The molecule has 1 aromatic rings. The van der Waals surface area contributed by atoms with Gasteiger partial charge in [-0.15, -0.1) is 0 Å². The molecule has 0 atom stereocenters. The molecule has 1 aromatic carbocycles. The molecule has 0 saturated heterocycles. The number of carboxylic acid groups (broad SMARTS) is 1. The predicted molar refractivity (Wildman–Crippen MR) is 54.2 cm³/mol. The minimum absolute atomic E-state index is 0.0310. The Morgan fingerprint density at radius 3 is 2.75 bits per heavy atom. The van der Waals surface area contributed by atoms with Crippen LogP contribution in [-0.4, -0.2) is 35.2 Å². The normalized spacial score (nSPS) is 9.50. The number of nitrogens with one attached hydrogen (secondary N) is 1. The number of ether oxygens (including phenoxy) is 1. The lowest BCUT2D eigenvalue weighted by molar-refractivity contribution is -0.138. The molecule has 3 N–H and O–H groups in total. The minimum atomic E-state index is -1.12. The van der Waals surface area contributed by atoms with Gasteiger partial charge in [0.1, 0.15) is 18.0 Å². The number of phenolic OH excluding ortho intramolecular Hbond substituents is 1. The monoisotopic (exact) mass is 225 g/mol. The summed E-state index contributed by atoms with van der Waals surface area (Å²) in [5.41, 5.74) is 0. The number of carboxylic acids is 1. The maximum atomic E-state index is 11.0. The molecule has 0 aliphatic heterocycles. The van der Waals surface area contributed by atoms with Crippen molar-refractivity contribution in [2.45, 2.75) is 0 Å². The first-order chi connectivity index (χ1) is 7.58. The lowest BCUT2D eigenvalue weighted by Crippen LogP contribution is -2.33. The number of aliphatic carboxylic acids is 1. The summed E-state index contributed by atoms with van der Waals surface area (Å²) in [7, 11) is 0. The van der Waals surface area contributed by atoms with E-state index in [0.717, 1.165) is 0 Å². The third-order valence-corrected chi connectivity index (χ3v) is 1.62. The van der Waals surface area contributed by atoms with Crippen LogP contribution in [0.5, 0.6) is 11.5 Å². The second kappa shape index (κ2) is 5.59. The summed E-state index contributed by atoms with van der Waals surface area (Å²) in [5.74, 6) is -1.29. The van der Waals surface area contributed by atoms with Gasteiger partial charge in [-0.3, -0.25) is 9.59 Å². The van der Waals surface area contributed by atoms with Gasteiger partial charge in [0.15, 0.2) is 6.61 Å². The minimum Gasteiger partial charge on any atom is -0.508 e. The van der Waals surface area contributed by atoms with E-state index in [1.807, 2.05) is 0 Å². The number of carbonyl (C=O) groups is 2. The zero-order valence-corrected chi connectivity index (χ0v) is 8.34. The highest BCUT2D eigenvalue weighted by molar-refractivity contribution is 5.82. The first-order valence-electron chi connectivity index (χ1n) is 4.48. The number of hydrogen-bond acceptors (Lipinski definition) is 4.